The molecule has 0 saturated heterocycles. The number of aliphatic hydroxyl groups is 3. The number of nitrogens with zero attached hydrogens (tertiary/aromatic N) is 1. The third kappa shape index (κ3) is 3.40. The number of aliphatic imine (C=N–C) groups is 1. The van der Waals surface area contributed by atoms with Gasteiger partial charge in [-0.3, -0.25) is 4.99 Å². The molecule has 0 bridgehead atoms. The SMILES string of the molecule is CC12CC[C@H]3[C@H](CCC4(O)C[C@@H](O)CCC34C=NCc3ccccc3)C1(O)CCC2C1=CC(=O)OC1. The van der Waals surface area contributed by atoms with Crippen molar-refractivity contribution in [2.75, 3.05) is 6.61 Å². The number of carbonyl (C=O) groups is 1. The van der Waals surface area contributed by atoms with E-state index in [4.69, 9.17) is 9.73 Å². The van der Waals surface area contributed by atoms with Crippen LogP contribution in [0.15, 0.2) is 47.0 Å². The maximum absolute atomic E-state index is 12.5. The summed E-state index contributed by atoms with van der Waals surface area (Å²) < 4.78 is 5.25. The van der Waals surface area contributed by atoms with Crippen LogP contribution in [0.3, 0.4) is 0 Å². The molecule has 6 heteroatoms. The van der Waals surface area contributed by atoms with Gasteiger partial charge in [0.2, 0.25) is 0 Å². The predicted octanol–water partition coefficient (Wildman–Crippen LogP) is 3.97. The van der Waals surface area contributed by atoms with E-state index in [0.29, 0.717) is 45.3 Å². The first-order chi connectivity index (χ1) is 17.2. The first kappa shape index (κ1) is 24.3. The number of carbonyl (C=O) groups excluding carboxylic acids is 1. The van der Waals surface area contributed by atoms with Crippen molar-refractivity contribution in [1.82, 2.24) is 0 Å². The van der Waals surface area contributed by atoms with Crippen LogP contribution in [0.4, 0.5) is 0 Å². The molecular weight excluding hydrogens is 454 g/mol. The van der Waals surface area contributed by atoms with Gasteiger partial charge in [0.15, 0.2) is 0 Å². The highest BCUT2D eigenvalue weighted by Gasteiger charge is 2.71. The molecule has 0 spiro atoms. The molecule has 0 amide bonds. The maximum Gasteiger partial charge on any atom is 0.331 e. The van der Waals surface area contributed by atoms with Crippen LogP contribution >= 0.6 is 0 Å². The van der Waals surface area contributed by atoms with Gasteiger partial charge in [-0.1, -0.05) is 37.3 Å². The third-order valence-electron chi connectivity index (χ3n) is 11.1. The van der Waals surface area contributed by atoms with Crippen molar-refractivity contribution in [3.63, 3.8) is 0 Å². The van der Waals surface area contributed by atoms with Crippen molar-refractivity contribution >= 4 is 12.2 Å². The highest BCUT2D eigenvalue weighted by molar-refractivity contribution is 5.85. The maximum atomic E-state index is 12.5. The molecule has 5 unspecified atom stereocenters. The van der Waals surface area contributed by atoms with E-state index < -0.39 is 22.7 Å². The summed E-state index contributed by atoms with van der Waals surface area (Å²) in [7, 11) is 0. The van der Waals surface area contributed by atoms with Crippen molar-refractivity contribution < 1.29 is 24.9 Å². The smallest absolute Gasteiger partial charge is 0.331 e. The minimum atomic E-state index is -1.01. The Morgan fingerprint density at radius 3 is 2.56 bits per heavy atom. The Morgan fingerprint density at radius 1 is 1.03 bits per heavy atom. The molecule has 0 radical (unpaired) electrons. The van der Waals surface area contributed by atoms with E-state index in [1.165, 1.54) is 0 Å². The monoisotopic (exact) mass is 493 g/mol. The fraction of sp³-hybridized carbons (Fsp3) is 0.667. The Kier molecular flexibility index (Phi) is 5.75. The first-order valence-electron chi connectivity index (χ1n) is 13.8. The van der Waals surface area contributed by atoms with Crippen LogP contribution in [0, 0.1) is 28.6 Å². The van der Waals surface area contributed by atoms with Gasteiger partial charge in [-0.05, 0) is 80.3 Å². The first-order valence-corrected chi connectivity index (χ1v) is 13.8. The Balaban J connectivity index is 1.35. The second-order valence-electron chi connectivity index (χ2n) is 12.5. The van der Waals surface area contributed by atoms with E-state index >= 15 is 0 Å². The minimum Gasteiger partial charge on any atom is -0.458 e. The molecule has 194 valence electrons. The Hall–Kier alpha value is -2.02. The number of esters is 1. The molecule has 3 N–H and O–H groups in total. The fourth-order valence-corrected chi connectivity index (χ4v) is 9.26. The number of cyclic esters (lactones) is 1. The van der Waals surface area contributed by atoms with Gasteiger partial charge in [-0.15, -0.1) is 0 Å². The summed E-state index contributed by atoms with van der Waals surface area (Å²) in [5.41, 5.74) is -0.575. The third-order valence-corrected chi connectivity index (χ3v) is 11.1. The van der Waals surface area contributed by atoms with Crippen LogP contribution in [0.5, 0.6) is 0 Å². The summed E-state index contributed by atoms with van der Waals surface area (Å²) in [4.78, 5) is 16.7. The fourth-order valence-electron chi connectivity index (χ4n) is 9.26. The number of rotatable bonds is 4. The molecule has 8 atom stereocenters. The molecule has 1 heterocycles. The largest absolute Gasteiger partial charge is 0.458 e. The molecule has 1 aromatic rings. The number of fused-ring (bicyclic) bond motifs is 5. The molecule has 1 aromatic carbocycles. The Bertz CT molecular complexity index is 1090. The van der Waals surface area contributed by atoms with Crippen LogP contribution < -0.4 is 0 Å². The number of ether oxygens (including phenoxy) is 1. The van der Waals surface area contributed by atoms with Gasteiger partial charge in [0.25, 0.3) is 0 Å². The van der Waals surface area contributed by atoms with Gasteiger partial charge in [-0.25, -0.2) is 4.79 Å². The average Bonchev–Trinajstić information content (AvgIpc) is 3.40. The van der Waals surface area contributed by atoms with Crippen LogP contribution in [-0.2, 0) is 16.1 Å². The van der Waals surface area contributed by atoms with Crippen molar-refractivity contribution in [3.8, 4) is 0 Å². The standard InChI is InChI=1S/C30H39NO5/c1-27-11-8-24-25(30(27,35)14-10-23(27)21-15-26(33)36-18-21)9-13-29(34)16-22(32)7-12-28(24,29)19-31-17-20-5-3-2-4-6-20/h2-6,15,19,22-25,32,34-35H,7-14,16-18H2,1H3/t22-,23?,24-,25-,27?,28?,29?,30?/m0/s1. The summed E-state index contributed by atoms with van der Waals surface area (Å²) in [5, 5.41) is 35.1. The van der Waals surface area contributed by atoms with Crippen molar-refractivity contribution in [1.29, 1.82) is 0 Å². The minimum absolute atomic E-state index is 0.0542. The number of hydrogen-bond acceptors (Lipinski definition) is 6. The molecule has 6 nitrogen and oxygen atoms in total. The lowest BCUT2D eigenvalue weighted by atomic mass is 9.41. The van der Waals surface area contributed by atoms with E-state index in [-0.39, 0.29) is 29.1 Å². The lowest BCUT2D eigenvalue weighted by Gasteiger charge is -2.65. The highest BCUT2D eigenvalue weighted by atomic mass is 16.5. The topological polar surface area (TPSA) is 99.4 Å². The van der Waals surface area contributed by atoms with Crippen LogP contribution in [0.25, 0.3) is 0 Å². The van der Waals surface area contributed by atoms with Crippen molar-refractivity contribution in [3.05, 3.63) is 47.5 Å². The van der Waals surface area contributed by atoms with Gasteiger partial charge < -0.3 is 20.1 Å². The molecule has 6 rings (SSSR count). The molecule has 5 aliphatic rings. The van der Waals surface area contributed by atoms with Crippen molar-refractivity contribution in [2.24, 2.45) is 33.6 Å². The van der Waals surface area contributed by atoms with E-state index in [2.05, 4.69) is 19.1 Å². The molecule has 4 fully saturated rings. The number of hydrogen-bond donors (Lipinski definition) is 3. The molecule has 1 aliphatic heterocycles. The zero-order chi connectivity index (χ0) is 25.2. The zero-order valence-corrected chi connectivity index (χ0v) is 21.2. The summed E-state index contributed by atoms with van der Waals surface area (Å²) >= 11 is 0. The zero-order valence-electron chi connectivity index (χ0n) is 21.2. The molecule has 0 aromatic heterocycles. The van der Waals surface area contributed by atoms with Crippen LogP contribution in [0.2, 0.25) is 0 Å². The molecule has 36 heavy (non-hydrogen) atoms. The van der Waals surface area contributed by atoms with Gasteiger partial charge in [0, 0.05) is 29.5 Å². The summed E-state index contributed by atoms with van der Waals surface area (Å²) in [6, 6.07) is 10.2. The lowest BCUT2D eigenvalue weighted by Crippen LogP contribution is -2.68. The lowest BCUT2D eigenvalue weighted by molar-refractivity contribution is -0.237. The van der Waals surface area contributed by atoms with Gasteiger partial charge in [0.1, 0.15) is 6.61 Å². The van der Waals surface area contributed by atoms with Gasteiger partial charge in [-0.2, -0.15) is 0 Å². The molecule has 4 saturated carbocycles. The molecule has 4 aliphatic carbocycles. The second kappa shape index (κ2) is 8.50. The quantitative estimate of drug-likeness (QED) is 0.435. The van der Waals surface area contributed by atoms with Gasteiger partial charge >= 0.3 is 5.97 Å². The highest BCUT2D eigenvalue weighted by Crippen LogP contribution is 2.70. The summed E-state index contributed by atoms with van der Waals surface area (Å²) in [6.07, 6.45) is 9.51. The van der Waals surface area contributed by atoms with E-state index in [0.717, 1.165) is 36.8 Å². The predicted molar refractivity (Wildman–Crippen MR) is 136 cm³/mol. The molecular formula is C30H39NO5. The summed E-state index contributed by atoms with van der Waals surface area (Å²) in [5.74, 6) is 0.0375. The van der Waals surface area contributed by atoms with E-state index in [1.54, 1.807) is 6.08 Å². The number of aliphatic hydroxyl groups excluding tert-OH is 1. The number of benzene rings is 1. The second-order valence-corrected chi connectivity index (χ2v) is 12.5. The Morgan fingerprint density at radius 2 is 1.81 bits per heavy atom. The van der Waals surface area contributed by atoms with Crippen LogP contribution in [-0.4, -0.2) is 51.4 Å². The van der Waals surface area contributed by atoms with Gasteiger partial charge in [0.05, 0.1) is 23.9 Å². The van der Waals surface area contributed by atoms with E-state index in [1.807, 2.05) is 24.4 Å². The Labute approximate surface area is 213 Å². The average molecular weight is 494 g/mol. The van der Waals surface area contributed by atoms with E-state index in [9.17, 15) is 20.1 Å². The van der Waals surface area contributed by atoms with Crippen molar-refractivity contribution in [2.45, 2.75) is 88.6 Å². The van der Waals surface area contributed by atoms with Crippen LogP contribution in [0.1, 0.15) is 70.3 Å². The normalized spacial score (nSPS) is 46.1. The summed E-state index contributed by atoms with van der Waals surface area (Å²) in [6.45, 7) is 3.12.